The van der Waals surface area contributed by atoms with Gasteiger partial charge in [-0.25, -0.2) is 13.1 Å². The molecule has 27 heavy (non-hydrogen) atoms. The second-order valence-corrected chi connectivity index (χ2v) is 9.14. The number of sulfonamides is 1. The van der Waals surface area contributed by atoms with Gasteiger partial charge in [-0.05, 0) is 74.8 Å². The molecule has 2 aliphatic rings. The number of rotatable bonds is 9. The fourth-order valence-corrected chi connectivity index (χ4v) is 5.89. The van der Waals surface area contributed by atoms with Crippen LogP contribution in [0, 0.1) is 17.8 Å². The Hall–Kier alpha value is -0.660. The van der Waals surface area contributed by atoms with Crippen LogP contribution in [0.4, 0.5) is 0 Å². The van der Waals surface area contributed by atoms with E-state index in [9.17, 15) is 18.3 Å². The van der Waals surface area contributed by atoms with Crippen LogP contribution in [-0.2, 0) is 14.8 Å². The second-order valence-electron chi connectivity index (χ2n) is 7.43. The maximum atomic E-state index is 12.7. The third-order valence-corrected chi connectivity index (χ3v) is 7.23. The number of carbonyl (C=O) groups excluding carboxylic acids is 1. The van der Waals surface area contributed by atoms with E-state index < -0.39 is 16.0 Å². The average molecular weight is 399 g/mol. The van der Waals surface area contributed by atoms with Crippen molar-refractivity contribution < 1.29 is 47.9 Å². The fourth-order valence-electron chi connectivity index (χ4n) is 4.52. The number of aliphatic carboxylic acids is 1. The van der Waals surface area contributed by atoms with E-state index in [2.05, 4.69) is 10.8 Å². The standard InChI is InChI=1S/C20H27NO4S.Na/c22-19(23)11-7-2-1-6-10-18-15-12-13-16(14-15)20(18)21-26(24,25)17-8-4-3-5-9-17;/h1,3-6,8-9,15-16,18,20-21H,2,7,10-14H2,(H,22,23);/q;+1/p-1/b6-1+;/t15-,16+,18+,20-;/m1./s1. The number of carbonyl (C=O) groups is 1. The molecule has 0 amide bonds. The number of allylic oxidation sites excluding steroid dienone is 2. The molecule has 0 aromatic heterocycles. The number of carboxylic acid groups (broad SMARTS) is 1. The van der Waals surface area contributed by atoms with Gasteiger partial charge in [-0.15, -0.1) is 0 Å². The van der Waals surface area contributed by atoms with Gasteiger partial charge in [-0.3, -0.25) is 0 Å². The number of unbranched alkanes of at least 4 members (excludes halogenated alkanes) is 1. The van der Waals surface area contributed by atoms with Gasteiger partial charge in [-0.2, -0.15) is 0 Å². The molecule has 3 rings (SSSR count). The summed E-state index contributed by atoms with van der Waals surface area (Å²) >= 11 is 0. The van der Waals surface area contributed by atoms with E-state index in [-0.39, 0.29) is 42.0 Å². The van der Waals surface area contributed by atoms with Crippen molar-refractivity contribution in [3.63, 3.8) is 0 Å². The summed E-state index contributed by atoms with van der Waals surface area (Å²) in [5.41, 5.74) is 0. The first kappa shape index (κ1) is 22.6. The summed E-state index contributed by atoms with van der Waals surface area (Å²) in [6.45, 7) is 0. The number of fused-ring (bicyclic) bond motifs is 2. The van der Waals surface area contributed by atoms with E-state index in [0.29, 0.717) is 29.1 Å². The smallest absolute Gasteiger partial charge is 0.550 e. The van der Waals surface area contributed by atoms with Crippen molar-refractivity contribution in [2.45, 2.75) is 55.9 Å². The first-order valence-corrected chi connectivity index (χ1v) is 10.9. The predicted octanol–water partition coefficient (Wildman–Crippen LogP) is -0.750. The van der Waals surface area contributed by atoms with Gasteiger partial charge in [0.15, 0.2) is 0 Å². The number of benzene rings is 1. The van der Waals surface area contributed by atoms with Crippen LogP contribution in [0.1, 0.15) is 44.9 Å². The molecule has 0 spiro atoms. The minimum absolute atomic E-state index is 0. The molecule has 0 heterocycles. The van der Waals surface area contributed by atoms with Crippen LogP contribution in [-0.4, -0.2) is 20.4 Å². The predicted molar refractivity (Wildman–Crippen MR) is 97.5 cm³/mol. The van der Waals surface area contributed by atoms with Crippen LogP contribution in [0.2, 0.25) is 0 Å². The molecule has 5 nitrogen and oxygen atoms in total. The summed E-state index contributed by atoms with van der Waals surface area (Å²) in [4.78, 5) is 10.7. The Kier molecular flexibility index (Phi) is 8.56. The molecule has 1 aromatic rings. The largest absolute Gasteiger partial charge is 1.00 e. The van der Waals surface area contributed by atoms with Crippen LogP contribution < -0.4 is 39.4 Å². The molecule has 7 heteroatoms. The summed E-state index contributed by atoms with van der Waals surface area (Å²) in [6.07, 6.45) is 9.70. The van der Waals surface area contributed by atoms with E-state index in [1.807, 2.05) is 12.1 Å². The summed E-state index contributed by atoms with van der Waals surface area (Å²) < 4.78 is 28.4. The number of carboxylic acids is 1. The topological polar surface area (TPSA) is 86.3 Å². The minimum atomic E-state index is -3.49. The number of nitrogens with one attached hydrogen (secondary N) is 1. The molecule has 2 saturated carbocycles. The quantitative estimate of drug-likeness (QED) is 0.336. The third-order valence-electron chi connectivity index (χ3n) is 5.76. The van der Waals surface area contributed by atoms with Gasteiger partial charge in [0.1, 0.15) is 0 Å². The summed E-state index contributed by atoms with van der Waals surface area (Å²) in [5.74, 6) is 0.317. The first-order valence-electron chi connectivity index (χ1n) is 9.39. The Morgan fingerprint density at radius 3 is 2.56 bits per heavy atom. The van der Waals surface area contributed by atoms with Gasteiger partial charge in [-0.1, -0.05) is 30.4 Å². The van der Waals surface area contributed by atoms with Gasteiger partial charge >= 0.3 is 29.6 Å². The van der Waals surface area contributed by atoms with Gasteiger partial charge in [0.05, 0.1) is 4.90 Å². The van der Waals surface area contributed by atoms with Crippen molar-refractivity contribution in [1.82, 2.24) is 4.72 Å². The van der Waals surface area contributed by atoms with Crippen molar-refractivity contribution in [1.29, 1.82) is 0 Å². The summed E-state index contributed by atoms with van der Waals surface area (Å²) in [6, 6.07) is 8.53. The normalized spacial score (nSPS) is 27.0. The molecule has 0 unspecified atom stereocenters. The van der Waals surface area contributed by atoms with E-state index in [1.165, 1.54) is 6.42 Å². The molecule has 0 aliphatic heterocycles. The van der Waals surface area contributed by atoms with Gasteiger partial charge in [0.25, 0.3) is 0 Å². The van der Waals surface area contributed by atoms with Crippen LogP contribution >= 0.6 is 0 Å². The monoisotopic (exact) mass is 399 g/mol. The zero-order valence-corrected chi connectivity index (χ0v) is 18.7. The molecule has 142 valence electrons. The van der Waals surface area contributed by atoms with Gasteiger partial charge in [0, 0.05) is 12.0 Å². The molecule has 1 N–H and O–H groups in total. The first-order chi connectivity index (χ1) is 12.5. The molecule has 1 aromatic carbocycles. The zero-order valence-electron chi connectivity index (χ0n) is 15.8. The third kappa shape index (κ3) is 5.91. The second kappa shape index (κ2) is 10.2. The SMILES string of the molecule is O=C([O-])CCC/C=C/C[C@H]1[C@@H]2CC[C@@H](C2)[C@H]1NS(=O)(=O)c1ccccc1.[Na+]. The zero-order chi connectivity index (χ0) is 18.6. The fraction of sp³-hybridized carbons (Fsp3) is 0.550. The van der Waals surface area contributed by atoms with Gasteiger partial charge in [0.2, 0.25) is 10.0 Å². The van der Waals surface area contributed by atoms with Gasteiger partial charge < -0.3 is 9.90 Å². The van der Waals surface area contributed by atoms with Crippen molar-refractivity contribution in [2.24, 2.45) is 17.8 Å². The van der Waals surface area contributed by atoms with Crippen molar-refractivity contribution in [2.75, 3.05) is 0 Å². The van der Waals surface area contributed by atoms with Crippen molar-refractivity contribution in [3.8, 4) is 0 Å². The van der Waals surface area contributed by atoms with Crippen LogP contribution in [0.25, 0.3) is 0 Å². The Morgan fingerprint density at radius 1 is 1.15 bits per heavy atom. The summed E-state index contributed by atoms with van der Waals surface area (Å²) in [5, 5.41) is 10.4. The maximum Gasteiger partial charge on any atom is 1.00 e. The average Bonchev–Trinajstić information content (AvgIpc) is 3.20. The van der Waals surface area contributed by atoms with E-state index in [4.69, 9.17) is 0 Å². The molecular weight excluding hydrogens is 373 g/mol. The van der Waals surface area contributed by atoms with Crippen LogP contribution in [0.15, 0.2) is 47.4 Å². The van der Waals surface area contributed by atoms with E-state index in [0.717, 1.165) is 25.7 Å². The molecule has 2 aliphatic carbocycles. The Balaban J connectivity index is 0.00000261. The van der Waals surface area contributed by atoms with Crippen LogP contribution in [0.5, 0.6) is 0 Å². The van der Waals surface area contributed by atoms with Crippen molar-refractivity contribution >= 4 is 16.0 Å². The Morgan fingerprint density at radius 2 is 1.85 bits per heavy atom. The van der Waals surface area contributed by atoms with Crippen molar-refractivity contribution in [3.05, 3.63) is 42.5 Å². The molecule has 0 saturated heterocycles. The molecular formula is C20H26NNaO4S. The van der Waals surface area contributed by atoms with Crippen LogP contribution in [0.3, 0.4) is 0 Å². The van der Waals surface area contributed by atoms with E-state index in [1.54, 1.807) is 24.3 Å². The molecule has 4 atom stereocenters. The maximum absolute atomic E-state index is 12.7. The Labute approximate surface area is 184 Å². The molecule has 0 radical (unpaired) electrons. The number of hydrogen-bond acceptors (Lipinski definition) is 4. The van der Waals surface area contributed by atoms with E-state index >= 15 is 0 Å². The molecule has 2 bridgehead atoms. The minimum Gasteiger partial charge on any atom is -0.550 e. The summed E-state index contributed by atoms with van der Waals surface area (Å²) in [7, 11) is -3.49. The Bertz CT molecular complexity index is 751. The number of hydrogen-bond donors (Lipinski definition) is 1. The molecule has 2 fully saturated rings.